The number of aliphatic carboxylic acids is 1. The second kappa shape index (κ2) is 9.14. The van der Waals surface area contributed by atoms with Crippen molar-refractivity contribution in [2.24, 2.45) is 5.92 Å². The third-order valence-corrected chi connectivity index (χ3v) is 6.27. The molecule has 0 bridgehead atoms. The Bertz CT molecular complexity index is 720. The van der Waals surface area contributed by atoms with Crippen LogP contribution in [0, 0.1) is 5.92 Å². The van der Waals surface area contributed by atoms with Crippen LogP contribution in [0.5, 0.6) is 0 Å². The monoisotopic (exact) mass is 382 g/mol. The highest BCUT2D eigenvalue weighted by Gasteiger charge is 2.34. The van der Waals surface area contributed by atoms with Crippen LogP contribution in [0.2, 0.25) is 0 Å². The van der Waals surface area contributed by atoms with E-state index in [0.29, 0.717) is 37.9 Å². The van der Waals surface area contributed by atoms with Crippen LogP contribution in [-0.4, -0.2) is 60.8 Å². The van der Waals surface area contributed by atoms with E-state index in [0.717, 1.165) is 0 Å². The van der Waals surface area contributed by atoms with Crippen LogP contribution in [0.15, 0.2) is 30.3 Å². The van der Waals surface area contributed by atoms with E-state index in [-0.39, 0.29) is 24.7 Å². The minimum atomic E-state index is -3.52. The van der Waals surface area contributed by atoms with Crippen LogP contribution in [0.25, 0.3) is 0 Å². The van der Waals surface area contributed by atoms with Crippen molar-refractivity contribution in [2.75, 3.05) is 26.2 Å². The number of benzene rings is 1. The number of carboxylic acid groups (broad SMARTS) is 1. The average molecular weight is 382 g/mol. The lowest BCUT2D eigenvalue weighted by atomic mass is 9.98. The van der Waals surface area contributed by atoms with Crippen molar-refractivity contribution in [3.8, 4) is 0 Å². The minimum Gasteiger partial charge on any atom is -0.480 e. The van der Waals surface area contributed by atoms with Gasteiger partial charge in [0.1, 0.15) is 6.54 Å². The molecule has 0 spiro atoms. The molecule has 0 saturated carbocycles. The molecule has 1 unspecified atom stereocenters. The van der Waals surface area contributed by atoms with Gasteiger partial charge in [0.15, 0.2) is 0 Å². The lowest BCUT2D eigenvalue weighted by Crippen LogP contribution is -2.48. The molecule has 1 fully saturated rings. The molecule has 0 radical (unpaired) electrons. The van der Waals surface area contributed by atoms with E-state index in [1.165, 1.54) is 9.21 Å². The number of carboxylic acids is 1. The number of piperidine rings is 1. The summed E-state index contributed by atoms with van der Waals surface area (Å²) in [6, 6.07) is 8.94. The van der Waals surface area contributed by atoms with Gasteiger partial charge in [-0.25, -0.2) is 12.7 Å². The molecule has 0 aliphatic carbocycles. The summed E-state index contributed by atoms with van der Waals surface area (Å²) in [5.74, 6) is -1.91. The first kappa shape index (κ1) is 20.4. The lowest BCUT2D eigenvalue weighted by Gasteiger charge is -2.34. The highest BCUT2D eigenvalue weighted by Crippen LogP contribution is 2.23. The highest BCUT2D eigenvalue weighted by atomic mass is 32.2. The molecule has 1 aromatic carbocycles. The topological polar surface area (TPSA) is 95.0 Å². The Balaban J connectivity index is 2.07. The van der Waals surface area contributed by atoms with Crippen LogP contribution < -0.4 is 0 Å². The third kappa shape index (κ3) is 5.54. The maximum atomic E-state index is 12.7. The number of amides is 1. The first-order valence-electron chi connectivity index (χ1n) is 8.86. The van der Waals surface area contributed by atoms with Gasteiger partial charge >= 0.3 is 5.97 Å². The van der Waals surface area contributed by atoms with Crippen LogP contribution in [-0.2, 0) is 25.4 Å². The normalized spacial score (nSPS) is 18.4. The van der Waals surface area contributed by atoms with Gasteiger partial charge in [0, 0.05) is 19.6 Å². The van der Waals surface area contributed by atoms with Crippen molar-refractivity contribution in [3.63, 3.8) is 0 Å². The maximum Gasteiger partial charge on any atom is 0.323 e. The van der Waals surface area contributed by atoms with Crippen molar-refractivity contribution in [2.45, 2.75) is 31.9 Å². The highest BCUT2D eigenvalue weighted by molar-refractivity contribution is 7.88. The van der Waals surface area contributed by atoms with E-state index in [4.69, 9.17) is 5.11 Å². The number of rotatable bonds is 8. The zero-order chi connectivity index (χ0) is 19.2. The molecule has 1 aromatic rings. The smallest absolute Gasteiger partial charge is 0.323 e. The number of hydrogen-bond acceptors (Lipinski definition) is 4. The molecule has 8 heteroatoms. The number of nitrogens with zero attached hydrogens (tertiary/aromatic N) is 2. The summed E-state index contributed by atoms with van der Waals surface area (Å²) < 4.78 is 26.8. The fourth-order valence-electron chi connectivity index (χ4n) is 3.23. The zero-order valence-corrected chi connectivity index (χ0v) is 15.8. The number of carbonyl (C=O) groups is 2. The second-order valence-electron chi connectivity index (χ2n) is 6.59. The van der Waals surface area contributed by atoms with Gasteiger partial charge in [0.25, 0.3) is 0 Å². The molecule has 144 valence electrons. The Morgan fingerprint density at radius 2 is 1.96 bits per heavy atom. The van der Waals surface area contributed by atoms with Gasteiger partial charge in [0.2, 0.25) is 15.9 Å². The summed E-state index contributed by atoms with van der Waals surface area (Å²) in [5, 5.41) is 9.00. The molecule has 1 heterocycles. The molecule has 26 heavy (non-hydrogen) atoms. The summed E-state index contributed by atoms with van der Waals surface area (Å²) in [7, 11) is -3.52. The predicted octanol–water partition coefficient (Wildman–Crippen LogP) is 1.55. The molecule has 7 nitrogen and oxygen atoms in total. The van der Waals surface area contributed by atoms with Crippen molar-refractivity contribution >= 4 is 21.9 Å². The number of carbonyl (C=O) groups excluding carboxylic acids is 1. The molecule has 1 atom stereocenters. The Morgan fingerprint density at radius 3 is 2.58 bits per heavy atom. The Kier molecular flexibility index (Phi) is 7.16. The first-order chi connectivity index (χ1) is 12.3. The van der Waals surface area contributed by atoms with E-state index >= 15 is 0 Å². The van der Waals surface area contributed by atoms with Gasteiger partial charge in [-0.3, -0.25) is 9.59 Å². The number of sulfonamides is 1. The van der Waals surface area contributed by atoms with E-state index in [9.17, 15) is 18.0 Å². The van der Waals surface area contributed by atoms with Gasteiger partial charge in [-0.2, -0.15) is 0 Å². The Labute approximate surface area is 154 Å². The van der Waals surface area contributed by atoms with Gasteiger partial charge in [0.05, 0.1) is 11.7 Å². The largest absolute Gasteiger partial charge is 0.480 e. The molecule has 1 saturated heterocycles. The van der Waals surface area contributed by atoms with Crippen molar-refractivity contribution < 1.29 is 23.1 Å². The fraction of sp³-hybridized carbons (Fsp3) is 0.556. The first-order valence-corrected chi connectivity index (χ1v) is 10.5. The minimum absolute atomic E-state index is 0.0947. The molecule has 1 aliphatic heterocycles. The molecule has 0 aromatic heterocycles. The maximum absolute atomic E-state index is 12.7. The molecule has 1 N–H and O–H groups in total. The Hall–Kier alpha value is -1.93. The van der Waals surface area contributed by atoms with Crippen LogP contribution >= 0.6 is 0 Å². The van der Waals surface area contributed by atoms with Gasteiger partial charge in [-0.05, 0) is 24.8 Å². The predicted molar refractivity (Wildman–Crippen MR) is 97.9 cm³/mol. The summed E-state index contributed by atoms with van der Waals surface area (Å²) in [5.41, 5.74) is 0.708. The molecule has 1 amide bonds. The summed E-state index contributed by atoms with van der Waals surface area (Å²) in [6.45, 7) is 2.40. The lowest BCUT2D eigenvalue weighted by molar-refractivity contribution is -0.146. The fourth-order valence-corrected chi connectivity index (χ4v) is 4.84. The summed E-state index contributed by atoms with van der Waals surface area (Å²) in [6.07, 6.45) is 1.83. The summed E-state index contributed by atoms with van der Waals surface area (Å²) >= 11 is 0. The van der Waals surface area contributed by atoms with E-state index < -0.39 is 21.9 Å². The van der Waals surface area contributed by atoms with Gasteiger partial charge in [-0.15, -0.1) is 0 Å². The molecular weight excluding hydrogens is 356 g/mol. The quantitative estimate of drug-likeness (QED) is 0.736. The van der Waals surface area contributed by atoms with E-state index in [2.05, 4.69) is 0 Å². The Morgan fingerprint density at radius 1 is 1.27 bits per heavy atom. The van der Waals surface area contributed by atoms with Gasteiger partial charge in [-0.1, -0.05) is 37.3 Å². The van der Waals surface area contributed by atoms with E-state index in [1.807, 2.05) is 13.0 Å². The summed E-state index contributed by atoms with van der Waals surface area (Å²) in [4.78, 5) is 25.0. The average Bonchev–Trinajstić information content (AvgIpc) is 2.61. The van der Waals surface area contributed by atoms with Crippen molar-refractivity contribution in [1.29, 1.82) is 0 Å². The molecular formula is C18H26N2O5S. The zero-order valence-electron chi connectivity index (χ0n) is 15.0. The van der Waals surface area contributed by atoms with Crippen LogP contribution in [0.3, 0.4) is 0 Å². The molecule has 1 aliphatic rings. The van der Waals surface area contributed by atoms with Gasteiger partial charge < -0.3 is 10.0 Å². The van der Waals surface area contributed by atoms with Crippen LogP contribution in [0.4, 0.5) is 0 Å². The van der Waals surface area contributed by atoms with Crippen molar-refractivity contribution in [1.82, 2.24) is 9.21 Å². The van der Waals surface area contributed by atoms with Crippen LogP contribution in [0.1, 0.15) is 31.7 Å². The number of hydrogen-bond donors (Lipinski definition) is 1. The second-order valence-corrected chi connectivity index (χ2v) is 8.56. The SMILES string of the molecule is CCCN(CC(=O)O)C(=O)C1CCCN(S(=O)(=O)Cc2ccccc2)C1. The third-order valence-electron chi connectivity index (χ3n) is 4.45. The standard InChI is InChI=1S/C18H26N2O5S/c1-2-10-19(13-17(21)22)18(23)16-9-6-11-20(12-16)26(24,25)14-15-7-4-3-5-8-15/h3-5,7-8,16H,2,6,9-14H2,1H3,(H,21,22). The van der Waals surface area contributed by atoms with E-state index in [1.54, 1.807) is 24.3 Å². The van der Waals surface area contributed by atoms with Crippen molar-refractivity contribution in [3.05, 3.63) is 35.9 Å². The molecule has 2 rings (SSSR count).